The van der Waals surface area contributed by atoms with Gasteiger partial charge in [-0.2, -0.15) is 4.99 Å². The number of carbonyl (C=O) groups is 1. The lowest BCUT2D eigenvalue weighted by molar-refractivity contribution is 0.250. The second kappa shape index (κ2) is 3.25. The Balaban J connectivity index is 2.64. The summed E-state index contributed by atoms with van der Waals surface area (Å²) in [6.07, 6.45) is 0. The van der Waals surface area contributed by atoms with Crippen LogP contribution in [0.25, 0.3) is 0 Å². The summed E-state index contributed by atoms with van der Waals surface area (Å²) in [5.74, 6) is 0.886. The van der Waals surface area contributed by atoms with E-state index in [1.165, 1.54) is 0 Å². The van der Waals surface area contributed by atoms with Gasteiger partial charge in [-0.3, -0.25) is 5.32 Å². The van der Waals surface area contributed by atoms with Gasteiger partial charge in [-0.25, -0.2) is 4.79 Å². The minimum Gasteiger partial charge on any atom is -0.353 e. The van der Waals surface area contributed by atoms with Crippen molar-refractivity contribution in [1.29, 1.82) is 0 Å². The largest absolute Gasteiger partial charge is 0.353 e. The summed E-state index contributed by atoms with van der Waals surface area (Å²) >= 11 is 0. The fraction of sp³-hybridized carbons (Fsp3) is 0.429. The van der Waals surface area contributed by atoms with E-state index in [0.29, 0.717) is 11.8 Å². The Bertz CT molecular complexity index is 244. The van der Waals surface area contributed by atoms with Crippen LogP contribution in [0.5, 0.6) is 0 Å². The lowest BCUT2D eigenvalue weighted by Gasteiger charge is -2.19. The van der Waals surface area contributed by atoms with E-state index in [9.17, 15) is 4.79 Å². The SMILES string of the molecule is C=C1NC(=O)N=C(NC(C)C)N1. The standard InChI is InChI=1S/C7H12N4O/c1-4(2)8-6-9-5(3)10-7(12)11-6/h4H,3H2,1-2H3,(H3,8,9,10,11,12). The normalized spacial score (nSPS) is 16.8. The maximum atomic E-state index is 10.8. The van der Waals surface area contributed by atoms with Gasteiger partial charge in [-0.1, -0.05) is 6.58 Å². The molecule has 0 aromatic carbocycles. The predicted molar refractivity (Wildman–Crippen MR) is 46.5 cm³/mol. The summed E-state index contributed by atoms with van der Waals surface area (Å²) in [6.45, 7) is 7.47. The van der Waals surface area contributed by atoms with Crippen molar-refractivity contribution in [2.45, 2.75) is 19.9 Å². The monoisotopic (exact) mass is 168 g/mol. The van der Waals surface area contributed by atoms with Crippen LogP contribution in [-0.4, -0.2) is 18.0 Å². The van der Waals surface area contributed by atoms with E-state index in [1.54, 1.807) is 0 Å². The van der Waals surface area contributed by atoms with Gasteiger partial charge in [0.25, 0.3) is 0 Å². The van der Waals surface area contributed by atoms with Gasteiger partial charge in [0.1, 0.15) is 5.82 Å². The predicted octanol–water partition coefficient (Wildman–Crippen LogP) is 0.124. The van der Waals surface area contributed by atoms with Gasteiger partial charge in [0, 0.05) is 6.04 Å². The molecule has 5 nitrogen and oxygen atoms in total. The van der Waals surface area contributed by atoms with Crippen LogP contribution in [-0.2, 0) is 0 Å². The van der Waals surface area contributed by atoms with Gasteiger partial charge in [0.15, 0.2) is 0 Å². The topological polar surface area (TPSA) is 65.5 Å². The van der Waals surface area contributed by atoms with Gasteiger partial charge >= 0.3 is 6.03 Å². The van der Waals surface area contributed by atoms with Gasteiger partial charge in [0.2, 0.25) is 5.96 Å². The van der Waals surface area contributed by atoms with Crippen molar-refractivity contribution in [2.75, 3.05) is 0 Å². The molecule has 0 unspecified atom stereocenters. The van der Waals surface area contributed by atoms with Crippen molar-refractivity contribution in [1.82, 2.24) is 16.0 Å². The highest BCUT2D eigenvalue weighted by Crippen LogP contribution is 1.90. The summed E-state index contributed by atoms with van der Waals surface area (Å²) in [6, 6.07) is -0.170. The molecule has 1 aliphatic heterocycles. The number of nitrogens with zero attached hydrogens (tertiary/aromatic N) is 1. The molecule has 66 valence electrons. The van der Waals surface area contributed by atoms with Crippen molar-refractivity contribution < 1.29 is 4.79 Å². The average Bonchev–Trinajstić information content (AvgIpc) is 1.81. The van der Waals surface area contributed by atoms with Gasteiger partial charge in [-0.05, 0) is 13.8 Å². The van der Waals surface area contributed by atoms with Crippen LogP contribution in [0.2, 0.25) is 0 Å². The lowest BCUT2D eigenvalue weighted by Crippen LogP contribution is -2.48. The Morgan fingerprint density at radius 3 is 2.67 bits per heavy atom. The van der Waals surface area contributed by atoms with Crippen LogP contribution < -0.4 is 16.0 Å². The maximum absolute atomic E-state index is 10.8. The number of hydrogen-bond acceptors (Lipinski definition) is 3. The van der Waals surface area contributed by atoms with Crippen molar-refractivity contribution in [3.8, 4) is 0 Å². The van der Waals surface area contributed by atoms with E-state index < -0.39 is 6.03 Å². The molecule has 0 spiro atoms. The molecule has 0 saturated heterocycles. The van der Waals surface area contributed by atoms with Gasteiger partial charge < -0.3 is 10.6 Å². The molecule has 0 atom stereocenters. The number of urea groups is 1. The maximum Gasteiger partial charge on any atom is 0.349 e. The van der Waals surface area contributed by atoms with E-state index in [1.807, 2.05) is 13.8 Å². The fourth-order valence-electron chi connectivity index (χ4n) is 0.802. The molecule has 0 aliphatic carbocycles. The Kier molecular flexibility index (Phi) is 2.32. The van der Waals surface area contributed by atoms with Crippen molar-refractivity contribution in [2.24, 2.45) is 4.99 Å². The molecule has 0 fully saturated rings. The highest BCUT2D eigenvalue weighted by atomic mass is 16.2. The molecule has 2 amide bonds. The van der Waals surface area contributed by atoms with Crippen LogP contribution in [0.1, 0.15) is 13.8 Å². The number of amides is 2. The highest BCUT2D eigenvalue weighted by molar-refractivity contribution is 5.96. The van der Waals surface area contributed by atoms with Crippen LogP contribution in [0.4, 0.5) is 4.79 Å². The summed E-state index contributed by atoms with van der Waals surface area (Å²) in [7, 11) is 0. The molecule has 1 aliphatic rings. The zero-order chi connectivity index (χ0) is 9.14. The van der Waals surface area contributed by atoms with E-state index in [0.717, 1.165) is 0 Å². The zero-order valence-corrected chi connectivity index (χ0v) is 7.14. The first-order chi connectivity index (χ1) is 5.58. The number of guanidine groups is 1. The Morgan fingerprint density at radius 2 is 2.17 bits per heavy atom. The summed E-state index contributed by atoms with van der Waals surface area (Å²) < 4.78 is 0. The second-order valence-electron chi connectivity index (χ2n) is 2.79. The number of carbonyl (C=O) groups excluding carboxylic acids is 1. The third-order valence-electron chi connectivity index (χ3n) is 1.17. The molecule has 1 rings (SSSR count). The minimum absolute atomic E-state index is 0.231. The molecule has 0 saturated carbocycles. The van der Waals surface area contributed by atoms with Crippen LogP contribution in [0.15, 0.2) is 17.4 Å². The highest BCUT2D eigenvalue weighted by Gasteiger charge is 2.12. The quantitative estimate of drug-likeness (QED) is 0.521. The van der Waals surface area contributed by atoms with Crippen LogP contribution in [0.3, 0.4) is 0 Å². The van der Waals surface area contributed by atoms with E-state index >= 15 is 0 Å². The summed E-state index contributed by atoms with van der Waals surface area (Å²) in [5, 5.41) is 8.16. The van der Waals surface area contributed by atoms with E-state index in [4.69, 9.17) is 0 Å². The van der Waals surface area contributed by atoms with Crippen molar-refractivity contribution in [3.63, 3.8) is 0 Å². The second-order valence-corrected chi connectivity index (χ2v) is 2.79. The molecule has 1 heterocycles. The molecule has 0 aromatic heterocycles. The molecule has 0 bridgehead atoms. The first-order valence-electron chi connectivity index (χ1n) is 3.70. The van der Waals surface area contributed by atoms with Crippen molar-refractivity contribution in [3.05, 3.63) is 12.4 Å². The Morgan fingerprint density at radius 1 is 1.50 bits per heavy atom. The molecule has 0 radical (unpaired) electrons. The Hall–Kier alpha value is -1.52. The molecule has 0 aromatic rings. The smallest absolute Gasteiger partial charge is 0.349 e. The third kappa shape index (κ3) is 2.26. The Labute approximate surface area is 70.9 Å². The number of hydrogen-bond donors (Lipinski definition) is 3. The summed E-state index contributed by atoms with van der Waals surface area (Å²) in [5.41, 5.74) is 0. The molecule has 5 heteroatoms. The number of aliphatic imine (C=N–C) groups is 1. The van der Waals surface area contributed by atoms with Crippen LogP contribution in [0, 0.1) is 0 Å². The lowest BCUT2D eigenvalue weighted by atomic mass is 10.4. The third-order valence-corrected chi connectivity index (χ3v) is 1.17. The van der Waals surface area contributed by atoms with Gasteiger partial charge in [-0.15, -0.1) is 0 Å². The number of nitrogens with one attached hydrogen (secondary N) is 3. The molecular weight excluding hydrogens is 156 g/mol. The summed E-state index contributed by atoms with van der Waals surface area (Å²) in [4.78, 5) is 14.5. The minimum atomic E-state index is -0.401. The van der Waals surface area contributed by atoms with E-state index in [2.05, 4.69) is 27.5 Å². The molecule has 3 N–H and O–H groups in total. The average molecular weight is 168 g/mol. The first kappa shape index (κ1) is 8.58. The molecule has 12 heavy (non-hydrogen) atoms. The fourth-order valence-corrected chi connectivity index (χ4v) is 0.802. The molecular formula is C7H12N4O. The van der Waals surface area contributed by atoms with Crippen molar-refractivity contribution >= 4 is 12.0 Å². The van der Waals surface area contributed by atoms with Gasteiger partial charge in [0.05, 0.1) is 0 Å². The first-order valence-corrected chi connectivity index (χ1v) is 3.70. The van der Waals surface area contributed by atoms with E-state index in [-0.39, 0.29) is 6.04 Å². The van der Waals surface area contributed by atoms with Crippen LogP contribution >= 0.6 is 0 Å². The zero-order valence-electron chi connectivity index (χ0n) is 7.14. The number of rotatable bonds is 1.